The van der Waals surface area contributed by atoms with Crippen LogP contribution in [0.1, 0.15) is 18.4 Å². The number of nitrogen functional groups attached to an aromatic ring is 1. The van der Waals surface area contributed by atoms with Crippen LogP contribution in [0.15, 0.2) is 47.4 Å². The summed E-state index contributed by atoms with van der Waals surface area (Å²) in [5, 5.41) is 4.11. The Balaban J connectivity index is 1.37. The van der Waals surface area contributed by atoms with Crippen molar-refractivity contribution in [2.24, 2.45) is 5.41 Å². The highest BCUT2D eigenvalue weighted by atomic mass is 32.2. The number of halogens is 3. The molecule has 1 aromatic heterocycles. The number of ether oxygens (including phenoxy) is 2. The first-order chi connectivity index (χ1) is 19.5. The molecule has 0 amide bonds. The van der Waals surface area contributed by atoms with E-state index in [-0.39, 0.29) is 55.7 Å². The Morgan fingerprint density at radius 2 is 1.73 bits per heavy atom. The topological polar surface area (TPSA) is 120 Å². The van der Waals surface area contributed by atoms with E-state index in [1.54, 1.807) is 23.1 Å². The second-order valence-corrected chi connectivity index (χ2v) is 12.3. The van der Waals surface area contributed by atoms with Gasteiger partial charge in [-0.25, -0.2) is 17.2 Å². The van der Waals surface area contributed by atoms with Gasteiger partial charge in [-0.15, -0.1) is 0 Å². The molecule has 2 aromatic carbocycles. The molecule has 220 valence electrons. The number of benzene rings is 2. The molecule has 2 N–H and O–H groups in total. The molecule has 1 saturated heterocycles. The third-order valence-electron chi connectivity index (χ3n) is 7.39. The van der Waals surface area contributed by atoms with Crippen LogP contribution in [0.3, 0.4) is 0 Å². The second-order valence-electron chi connectivity index (χ2n) is 10.3. The maximum Gasteiger partial charge on any atom is 0.316 e. The third kappa shape index (κ3) is 6.12. The van der Waals surface area contributed by atoms with Gasteiger partial charge in [0.1, 0.15) is 23.1 Å². The van der Waals surface area contributed by atoms with E-state index in [4.69, 9.17) is 15.2 Å². The highest BCUT2D eigenvalue weighted by Crippen LogP contribution is 2.46. The largest absolute Gasteiger partial charge is 0.495 e. The molecule has 41 heavy (non-hydrogen) atoms. The Hall–Kier alpha value is -3.78. The highest BCUT2D eigenvalue weighted by molar-refractivity contribution is 7.88. The van der Waals surface area contributed by atoms with Gasteiger partial charge in [-0.1, -0.05) is 6.07 Å². The summed E-state index contributed by atoms with van der Waals surface area (Å²) < 4.78 is 80.9. The van der Waals surface area contributed by atoms with Crippen molar-refractivity contribution in [1.82, 2.24) is 14.1 Å². The first kappa shape index (κ1) is 28.7. The third-order valence-corrected chi connectivity index (χ3v) is 9.24. The fraction of sp³-hybridized carbons (Fsp3) is 0.407. The van der Waals surface area contributed by atoms with Gasteiger partial charge in [0.2, 0.25) is 15.8 Å². The zero-order valence-corrected chi connectivity index (χ0v) is 23.2. The van der Waals surface area contributed by atoms with Gasteiger partial charge in [0.15, 0.2) is 0 Å². The van der Waals surface area contributed by atoms with E-state index in [2.05, 4.69) is 5.10 Å². The van der Waals surface area contributed by atoms with E-state index in [1.165, 1.54) is 17.6 Å². The van der Waals surface area contributed by atoms with Crippen LogP contribution in [0.25, 0.3) is 5.69 Å². The fourth-order valence-electron chi connectivity index (χ4n) is 4.71. The van der Waals surface area contributed by atoms with Gasteiger partial charge >= 0.3 is 5.56 Å². The van der Waals surface area contributed by atoms with Crippen molar-refractivity contribution in [3.8, 4) is 17.2 Å². The van der Waals surface area contributed by atoms with Crippen molar-refractivity contribution in [3.63, 3.8) is 0 Å². The molecular formula is C27H30F3N5O5S. The number of hydrogen-bond donors (Lipinski definition) is 1. The summed E-state index contributed by atoms with van der Waals surface area (Å²) in [5.74, 6) is -1.77. The maximum atomic E-state index is 13.9. The lowest BCUT2D eigenvalue weighted by atomic mass is 10.1. The number of anilines is 2. The lowest BCUT2D eigenvalue weighted by Crippen LogP contribution is -2.49. The number of nitrogens with zero attached hydrogens (tertiary/aromatic N) is 4. The van der Waals surface area contributed by atoms with Crippen LogP contribution < -0.4 is 25.7 Å². The van der Waals surface area contributed by atoms with Crippen LogP contribution in [0.5, 0.6) is 11.5 Å². The summed E-state index contributed by atoms with van der Waals surface area (Å²) in [7, 11) is -2.24. The van der Waals surface area contributed by atoms with Crippen molar-refractivity contribution < 1.29 is 31.1 Å². The Kier molecular flexibility index (Phi) is 7.88. The number of alkyl halides is 1. The Bertz CT molecular complexity index is 1590. The van der Waals surface area contributed by atoms with Gasteiger partial charge < -0.3 is 20.1 Å². The number of piperazine rings is 1. The van der Waals surface area contributed by atoms with Gasteiger partial charge in [-0.05, 0) is 42.7 Å². The summed E-state index contributed by atoms with van der Waals surface area (Å²) >= 11 is 0. The SMILES string of the molecule is COc1cc(CS(=O)(=O)N2CCN(c3cnn(-c4cc(F)cc(F)c4)c(=O)c3OCC3(CF)CC3)CC2)ccc1N. The molecule has 0 radical (unpaired) electrons. The average Bonchev–Trinajstić information content (AvgIpc) is 3.73. The number of nitrogens with two attached hydrogens (primary N) is 1. The summed E-state index contributed by atoms with van der Waals surface area (Å²) in [6.07, 6.45) is 2.56. The van der Waals surface area contributed by atoms with Crippen molar-refractivity contribution in [3.05, 3.63) is 70.1 Å². The van der Waals surface area contributed by atoms with Crippen LogP contribution in [0, 0.1) is 17.0 Å². The Morgan fingerprint density at radius 3 is 2.34 bits per heavy atom. The Morgan fingerprint density at radius 1 is 1.05 bits per heavy atom. The van der Waals surface area contributed by atoms with Crippen molar-refractivity contribution in [1.29, 1.82) is 0 Å². The predicted molar refractivity (Wildman–Crippen MR) is 147 cm³/mol. The van der Waals surface area contributed by atoms with Gasteiger partial charge in [0.05, 0.1) is 43.7 Å². The first-order valence-electron chi connectivity index (χ1n) is 13.0. The van der Waals surface area contributed by atoms with Gasteiger partial charge in [0.25, 0.3) is 0 Å². The Labute approximate surface area is 235 Å². The van der Waals surface area contributed by atoms with E-state index in [9.17, 15) is 26.4 Å². The molecule has 0 bridgehead atoms. The van der Waals surface area contributed by atoms with Crippen LogP contribution in [0.4, 0.5) is 24.5 Å². The molecule has 1 aliphatic carbocycles. The molecule has 2 aliphatic rings. The van der Waals surface area contributed by atoms with E-state index in [1.807, 2.05) is 0 Å². The molecule has 3 aromatic rings. The molecule has 2 heterocycles. The molecule has 10 nitrogen and oxygen atoms in total. The van der Waals surface area contributed by atoms with E-state index < -0.39 is 39.3 Å². The zero-order valence-electron chi connectivity index (χ0n) is 22.4. The van der Waals surface area contributed by atoms with Crippen molar-refractivity contribution >= 4 is 21.4 Å². The van der Waals surface area contributed by atoms with E-state index in [0.29, 0.717) is 35.9 Å². The van der Waals surface area contributed by atoms with Gasteiger partial charge in [-0.2, -0.15) is 14.1 Å². The molecule has 14 heteroatoms. The molecule has 1 saturated carbocycles. The van der Waals surface area contributed by atoms with Gasteiger partial charge in [-0.3, -0.25) is 9.18 Å². The van der Waals surface area contributed by atoms with Crippen LogP contribution in [-0.2, 0) is 15.8 Å². The monoisotopic (exact) mass is 593 g/mol. The van der Waals surface area contributed by atoms with Crippen molar-refractivity contribution in [2.75, 3.05) is 57.2 Å². The molecule has 5 rings (SSSR count). The summed E-state index contributed by atoms with van der Waals surface area (Å²) in [6, 6.07) is 7.41. The first-order valence-corrected chi connectivity index (χ1v) is 14.6. The minimum Gasteiger partial charge on any atom is -0.495 e. The number of sulfonamides is 1. The number of aromatic nitrogens is 2. The standard InChI is InChI=1S/C27H30F3N5O5S/c1-39-24-10-18(2-3-22(24)31)15-41(37,38)34-8-6-33(7-9-34)23-14-32-35(21-12-19(29)11-20(30)13-21)26(36)25(23)40-17-27(16-28)4-5-27/h2-3,10-14H,4-9,15-17,31H2,1H3. The summed E-state index contributed by atoms with van der Waals surface area (Å²) in [4.78, 5) is 15.2. The predicted octanol–water partition coefficient (Wildman–Crippen LogP) is 2.88. The zero-order chi connectivity index (χ0) is 29.4. The molecule has 2 fully saturated rings. The number of methoxy groups -OCH3 is 1. The lowest BCUT2D eigenvalue weighted by molar-refractivity contribution is 0.197. The summed E-state index contributed by atoms with van der Waals surface area (Å²) in [5.41, 5.74) is 5.48. The van der Waals surface area contributed by atoms with Crippen LogP contribution in [-0.4, -0.2) is 69.1 Å². The fourth-order valence-corrected chi connectivity index (χ4v) is 6.21. The highest BCUT2D eigenvalue weighted by Gasteiger charge is 2.44. The second kappa shape index (κ2) is 11.2. The normalized spacial score (nSPS) is 16.9. The number of rotatable bonds is 10. The van der Waals surface area contributed by atoms with Crippen LogP contribution >= 0.6 is 0 Å². The summed E-state index contributed by atoms with van der Waals surface area (Å²) in [6.45, 7) is 0.0318. The number of hydrogen-bond acceptors (Lipinski definition) is 8. The average molecular weight is 594 g/mol. The lowest BCUT2D eigenvalue weighted by Gasteiger charge is -2.35. The van der Waals surface area contributed by atoms with E-state index >= 15 is 0 Å². The van der Waals surface area contributed by atoms with Gasteiger partial charge in [0, 0.05) is 37.7 Å². The minimum absolute atomic E-state index is 0.0489. The van der Waals surface area contributed by atoms with Crippen molar-refractivity contribution in [2.45, 2.75) is 18.6 Å². The van der Waals surface area contributed by atoms with Crippen LogP contribution in [0.2, 0.25) is 0 Å². The smallest absolute Gasteiger partial charge is 0.316 e. The molecule has 1 aliphatic heterocycles. The molecular weight excluding hydrogens is 563 g/mol. The minimum atomic E-state index is -3.69. The quantitative estimate of drug-likeness (QED) is 0.357. The molecule has 0 atom stereocenters. The molecule has 0 spiro atoms. The van der Waals surface area contributed by atoms with E-state index in [0.717, 1.165) is 16.8 Å². The maximum absolute atomic E-state index is 13.9. The molecule has 0 unspecified atom stereocenters.